The van der Waals surface area contributed by atoms with Gasteiger partial charge in [-0.1, -0.05) is 85.0 Å². The molecule has 0 aliphatic carbocycles. The van der Waals surface area contributed by atoms with Crippen LogP contribution in [0.5, 0.6) is 0 Å². The van der Waals surface area contributed by atoms with E-state index in [0.29, 0.717) is 11.4 Å². The van der Waals surface area contributed by atoms with Gasteiger partial charge in [-0.2, -0.15) is 0 Å². The summed E-state index contributed by atoms with van der Waals surface area (Å²) < 4.78 is 0. The van der Waals surface area contributed by atoms with Gasteiger partial charge in [-0.3, -0.25) is 9.59 Å². The molecule has 0 aliphatic rings. The van der Waals surface area contributed by atoms with Gasteiger partial charge in [-0.05, 0) is 71.8 Å². The van der Waals surface area contributed by atoms with Crippen molar-refractivity contribution in [1.29, 1.82) is 0 Å². The molecule has 4 aromatic carbocycles. The first-order valence-corrected chi connectivity index (χ1v) is 14.5. The summed E-state index contributed by atoms with van der Waals surface area (Å²) in [5.41, 5.74) is 5.29. The molecular formula is C38H38N4O4Zn. The molecule has 8 nitrogen and oxygen atoms in total. The van der Waals surface area contributed by atoms with Crippen LogP contribution in [0.15, 0.2) is 145 Å². The number of rotatable bonds is 10. The van der Waals surface area contributed by atoms with Crippen LogP contribution >= 0.6 is 0 Å². The number of nitrogens with zero attached hydrogens (tertiary/aromatic N) is 2. The van der Waals surface area contributed by atoms with E-state index in [1.165, 1.54) is 12.2 Å². The largest absolute Gasteiger partial charge is 2.00 e. The first kappa shape index (κ1) is 37.8. The number of amides is 2. The summed E-state index contributed by atoms with van der Waals surface area (Å²) >= 11 is 0. The first-order chi connectivity index (χ1) is 22.1. The van der Waals surface area contributed by atoms with E-state index in [1.54, 1.807) is 36.4 Å². The number of carbonyl (C=O) groups is 2. The predicted octanol–water partition coefficient (Wildman–Crippen LogP) is 5.29. The van der Waals surface area contributed by atoms with Crippen molar-refractivity contribution in [1.82, 2.24) is 0 Å². The number of benzene rings is 4. The number of anilines is 4. The number of carbonyl (C=O) groups excluding carboxylic acids is 2. The minimum Gasteiger partial charge on any atom is -0.872 e. The third-order valence-corrected chi connectivity index (χ3v) is 6.33. The second-order valence-electron chi connectivity index (χ2n) is 10.4. The second-order valence-corrected chi connectivity index (χ2v) is 10.4. The molecule has 2 N–H and O–H groups in total. The van der Waals surface area contributed by atoms with Crippen molar-refractivity contribution in [2.75, 3.05) is 48.6 Å². The smallest absolute Gasteiger partial charge is 0.872 e. The van der Waals surface area contributed by atoms with Gasteiger partial charge in [0, 0.05) is 50.9 Å². The third-order valence-electron chi connectivity index (χ3n) is 6.33. The maximum absolute atomic E-state index is 11.8. The molecule has 0 aromatic heterocycles. The van der Waals surface area contributed by atoms with Crippen LogP contribution in [0.25, 0.3) is 12.2 Å². The van der Waals surface area contributed by atoms with Gasteiger partial charge in [0.2, 0.25) is 11.8 Å². The van der Waals surface area contributed by atoms with Gasteiger partial charge < -0.3 is 30.6 Å². The Morgan fingerprint density at radius 2 is 0.851 bits per heavy atom. The van der Waals surface area contributed by atoms with Crippen LogP contribution in [0.1, 0.15) is 11.1 Å². The van der Waals surface area contributed by atoms with Crippen LogP contribution in [0, 0.1) is 0 Å². The van der Waals surface area contributed by atoms with Crippen LogP contribution in [-0.2, 0) is 29.1 Å². The van der Waals surface area contributed by atoms with Crippen LogP contribution in [0.2, 0.25) is 0 Å². The van der Waals surface area contributed by atoms with Crippen molar-refractivity contribution >= 4 is 46.7 Å². The average molecular weight is 680 g/mol. The molecule has 47 heavy (non-hydrogen) atoms. The van der Waals surface area contributed by atoms with Crippen LogP contribution in [0.3, 0.4) is 0 Å². The molecule has 0 aliphatic heterocycles. The van der Waals surface area contributed by atoms with Crippen LogP contribution in [0.4, 0.5) is 22.7 Å². The molecule has 0 radical (unpaired) electrons. The van der Waals surface area contributed by atoms with Crippen LogP contribution < -0.4 is 30.6 Å². The zero-order valence-corrected chi connectivity index (χ0v) is 30.1. The number of allylic oxidation sites excluding steroid dienone is 2. The number of para-hydroxylation sites is 2. The molecule has 0 saturated heterocycles. The normalized spacial score (nSPS) is 11.2. The van der Waals surface area contributed by atoms with Gasteiger partial charge in [0.15, 0.2) is 0 Å². The number of hydrogen-bond acceptors (Lipinski definition) is 6. The molecule has 2 amide bonds. The maximum atomic E-state index is 11.8. The summed E-state index contributed by atoms with van der Waals surface area (Å²) in [6, 6.07) is 33.6. The SMILES string of the molecule is CN(C)c1ccc(/C=C/C([O-])=C/C(=O)Nc2ccccc2)cc1.CN(C)c1ccc(/C=C/C([O-])=C/C(=O)Nc2ccccc2)cc1.[Zn+2]. The van der Waals surface area contributed by atoms with E-state index in [4.69, 9.17) is 0 Å². The van der Waals surface area contributed by atoms with E-state index in [9.17, 15) is 19.8 Å². The van der Waals surface area contributed by atoms with E-state index in [-0.39, 0.29) is 31.0 Å². The maximum Gasteiger partial charge on any atom is 2.00 e. The summed E-state index contributed by atoms with van der Waals surface area (Å²) in [5.74, 6) is -1.58. The van der Waals surface area contributed by atoms with Gasteiger partial charge in [0.1, 0.15) is 0 Å². The van der Waals surface area contributed by atoms with E-state index >= 15 is 0 Å². The fourth-order valence-electron chi connectivity index (χ4n) is 3.88. The summed E-state index contributed by atoms with van der Waals surface area (Å²) in [5, 5.41) is 28.8. The quantitative estimate of drug-likeness (QED) is 0.102. The molecular weight excluding hydrogens is 642 g/mol. The Hall–Kier alpha value is -5.40. The molecule has 0 saturated carbocycles. The molecule has 0 bridgehead atoms. The van der Waals surface area contributed by atoms with Gasteiger partial charge in [-0.15, -0.1) is 11.5 Å². The van der Waals surface area contributed by atoms with E-state index in [2.05, 4.69) is 10.6 Å². The molecule has 236 valence electrons. The van der Waals surface area contributed by atoms with E-state index in [0.717, 1.165) is 34.7 Å². The zero-order chi connectivity index (χ0) is 33.3. The van der Waals surface area contributed by atoms with Gasteiger partial charge in [0.25, 0.3) is 0 Å². The summed E-state index contributed by atoms with van der Waals surface area (Å²) in [6.07, 6.45) is 8.22. The first-order valence-electron chi connectivity index (χ1n) is 14.5. The average Bonchev–Trinajstić information content (AvgIpc) is 3.04. The fraction of sp³-hybridized carbons (Fsp3) is 0.105. The molecule has 0 fully saturated rings. The Labute approximate surface area is 289 Å². The monoisotopic (exact) mass is 678 g/mol. The minimum atomic E-state index is -0.436. The van der Waals surface area contributed by atoms with E-state index in [1.807, 2.05) is 123 Å². The number of nitrogens with one attached hydrogen (secondary N) is 2. The summed E-state index contributed by atoms with van der Waals surface area (Å²) in [7, 11) is 7.87. The Balaban J connectivity index is 0.000000320. The Morgan fingerprint density at radius 1 is 0.532 bits per heavy atom. The zero-order valence-electron chi connectivity index (χ0n) is 27.1. The standard InChI is InChI=1S/2C19H20N2O2.Zn/c2*1-21(2)17-11-8-15(9-12-17)10-13-18(22)14-19(23)20-16-6-4-3-5-7-16;/h2*3-14,22H,1-2H3,(H,20,23);/q;;+2/p-2/b2*13-10+,18-14-;. The Kier molecular flexibility index (Phi) is 16.0. The van der Waals surface area contributed by atoms with Crippen molar-refractivity contribution < 1.29 is 39.3 Å². The summed E-state index contributed by atoms with van der Waals surface area (Å²) in [4.78, 5) is 27.5. The molecule has 0 unspecified atom stereocenters. The topological polar surface area (TPSA) is 111 Å². The van der Waals surface area contributed by atoms with Crippen molar-refractivity contribution in [2.24, 2.45) is 0 Å². The number of hydrogen-bond donors (Lipinski definition) is 2. The third kappa shape index (κ3) is 14.5. The Morgan fingerprint density at radius 3 is 1.15 bits per heavy atom. The molecule has 9 heteroatoms. The van der Waals surface area contributed by atoms with Crippen molar-refractivity contribution in [2.45, 2.75) is 0 Å². The van der Waals surface area contributed by atoms with Crippen molar-refractivity contribution in [3.05, 3.63) is 156 Å². The molecule has 4 rings (SSSR count). The minimum absolute atomic E-state index is 0. The fourth-order valence-corrected chi connectivity index (χ4v) is 3.88. The van der Waals surface area contributed by atoms with Gasteiger partial charge >= 0.3 is 19.5 Å². The van der Waals surface area contributed by atoms with Crippen molar-refractivity contribution in [3.8, 4) is 0 Å². The molecule has 0 spiro atoms. The van der Waals surface area contributed by atoms with E-state index < -0.39 is 11.8 Å². The molecule has 0 atom stereocenters. The predicted molar refractivity (Wildman–Crippen MR) is 186 cm³/mol. The van der Waals surface area contributed by atoms with Gasteiger partial charge in [0.05, 0.1) is 0 Å². The van der Waals surface area contributed by atoms with Crippen molar-refractivity contribution in [3.63, 3.8) is 0 Å². The molecule has 0 heterocycles. The second kappa shape index (κ2) is 19.9. The Bertz CT molecular complexity index is 1540. The molecule has 4 aromatic rings. The van der Waals surface area contributed by atoms with Crippen LogP contribution in [-0.4, -0.2) is 40.0 Å². The van der Waals surface area contributed by atoms with Gasteiger partial charge in [-0.25, -0.2) is 0 Å². The summed E-state index contributed by atoms with van der Waals surface area (Å²) in [6.45, 7) is 0.